The molecule has 1 N–H and O–H groups in total. The number of halogens is 3. The maximum absolute atomic E-state index is 13.0. The molecule has 0 atom stereocenters. The summed E-state index contributed by atoms with van der Waals surface area (Å²) in [5.74, 6) is 0.314. The van der Waals surface area contributed by atoms with Gasteiger partial charge >= 0.3 is 6.18 Å². The van der Waals surface area contributed by atoms with Crippen LogP contribution in [0.25, 0.3) is 22.3 Å². The molecule has 4 aromatic rings. The molecule has 0 radical (unpaired) electrons. The zero-order valence-electron chi connectivity index (χ0n) is 15.5. The molecular weight excluding hydrogens is 393 g/mol. The number of aromatic nitrogens is 3. The van der Waals surface area contributed by atoms with Crippen molar-refractivity contribution in [1.29, 1.82) is 0 Å². The molecule has 30 heavy (non-hydrogen) atoms. The number of hydrogen-bond donors (Lipinski definition) is 1. The third-order valence-electron chi connectivity index (χ3n) is 4.43. The van der Waals surface area contributed by atoms with Gasteiger partial charge in [0.1, 0.15) is 5.82 Å². The van der Waals surface area contributed by atoms with Crippen molar-refractivity contribution in [1.82, 2.24) is 15.0 Å². The predicted molar refractivity (Wildman–Crippen MR) is 107 cm³/mol. The lowest BCUT2D eigenvalue weighted by Gasteiger charge is -2.10. The fraction of sp³-hybridized carbons (Fsp3) is 0.0909. The second-order valence-corrected chi connectivity index (χ2v) is 6.57. The zero-order chi connectivity index (χ0) is 21.1. The minimum Gasteiger partial charge on any atom is -0.310 e. The third kappa shape index (κ3) is 4.27. The molecule has 1 amide bonds. The molecule has 0 bridgehead atoms. The Bertz CT molecular complexity index is 1210. The number of nitrogens with zero attached hydrogens (tertiary/aromatic N) is 3. The maximum atomic E-state index is 13.0. The van der Waals surface area contributed by atoms with Gasteiger partial charge in [-0.1, -0.05) is 36.4 Å². The SMILES string of the molecule is O=C(Cc1cccc2cnc(-c3cccc(C(F)(F)F)c3)nc12)Nc1ccccn1. The van der Waals surface area contributed by atoms with Crippen LogP contribution < -0.4 is 5.32 Å². The number of benzene rings is 2. The van der Waals surface area contributed by atoms with E-state index in [4.69, 9.17) is 0 Å². The Morgan fingerprint density at radius 3 is 2.57 bits per heavy atom. The van der Waals surface area contributed by atoms with Crippen LogP contribution in [0.15, 0.2) is 73.1 Å². The van der Waals surface area contributed by atoms with Gasteiger partial charge in [-0.05, 0) is 29.8 Å². The number of rotatable bonds is 4. The second kappa shape index (κ2) is 7.90. The number of carbonyl (C=O) groups is 1. The van der Waals surface area contributed by atoms with Crippen molar-refractivity contribution in [2.24, 2.45) is 0 Å². The lowest BCUT2D eigenvalue weighted by Crippen LogP contribution is -2.15. The first kappa shape index (κ1) is 19.5. The van der Waals surface area contributed by atoms with Gasteiger partial charge in [-0.25, -0.2) is 15.0 Å². The van der Waals surface area contributed by atoms with E-state index < -0.39 is 11.7 Å². The zero-order valence-corrected chi connectivity index (χ0v) is 15.5. The summed E-state index contributed by atoms with van der Waals surface area (Å²) in [5.41, 5.74) is 0.624. The van der Waals surface area contributed by atoms with E-state index in [0.717, 1.165) is 12.1 Å². The maximum Gasteiger partial charge on any atom is 0.416 e. The Labute approximate surface area is 169 Å². The van der Waals surface area contributed by atoms with Gasteiger partial charge in [0.25, 0.3) is 0 Å². The molecule has 0 spiro atoms. The van der Waals surface area contributed by atoms with Gasteiger partial charge in [0.2, 0.25) is 5.91 Å². The highest BCUT2D eigenvalue weighted by molar-refractivity contribution is 5.94. The lowest BCUT2D eigenvalue weighted by atomic mass is 10.1. The highest BCUT2D eigenvalue weighted by Crippen LogP contribution is 2.31. The number of fused-ring (bicyclic) bond motifs is 1. The highest BCUT2D eigenvalue weighted by Gasteiger charge is 2.30. The summed E-state index contributed by atoms with van der Waals surface area (Å²) in [6, 6.07) is 15.3. The van der Waals surface area contributed by atoms with Crippen molar-refractivity contribution in [3.63, 3.8) is 0 Å². The minimum absolute atomic E-state index is 0.0347. The molecule has 0 aliphatic heterocycles. The van der Waals surface area contributed by atoms with E-state index in [1.807, 2.05) is 0 Å². The second-order valence-electron chi connectivity index (χ2n) is 6.57. The first-order valence-corrected chi connectivity index (χ1v) is 9.03. The minimum atomic E-state index is -4.46. The number of nitrogens with one attached hydrogen (secondary N) is 1. The van der Waals surface area contributed by atoms with E-state index in [1.54, 1.807) is 42.6 Å². The first-order valence-electron chi connectivity index (χ1n) is 9.03. The summed E-state index contributed by atoms with van der Waals surface area (Å²) < 4.78 is 39.1. The lowest BCUT2D eigenvalue weighted by molar-refractivity contribution is -0.137. The Hall–Kier alpha value is -3.81. The van der Waals surface area contributed by atoms with Crippen molar-refractivity contribution in [3.8, 4) is 11.4 Å². The predicted octanol–water partition coefficient (Wildman–Crippen LogP) is 4.89. The monoisotopic (exact) mass is 408 g/mol. The molecular formula is C22H15F3N4O. The van der Waals surface area contributed by atoms with Crippen molar-refractivity contribution in [2.75, 3.05) is 5.32 Å². The van der Waals surface area contributed by atoms with Crippen LogP contribution in [0, 0.1) is 0 Å². The van der Waals surface area contributed by atoms with Gasteiger partial charge in [0.15, 0.2) is 5.82 Å². The standard InChI is InChI=1S/C22H15F3N4O/c23-22(24,25)17-8-4-6-15(11-17)21-27-13-16-7-3-5-14(20(16)29-21)12-19(30)28-18-9-1-2-10-26-18/h1-11,13H,12H2,(H,26,28,30). The van der Waals surface area contributed by atoms with Crippen molar-refractivity contribution >= 4 is 22.6 Å². The summed E-state index contributed by atoms with van der Waals surface area (Å²) in [4.78, 5) is 25.1. The van der Waals surface area contributed by atoms with Crippen LogP contribution in [0.5, 0.6) is 0 Å². The molecule has 5 nitrogen and oxygen atoms in total. The van der Waals surface area contributed by atoms with E-state index in [2.05, 4.69) is 20.3 Å². The van der Waals surface area contributed by atoms with Gasteiger partial charge in [0, 0.05) is 23.3 Å². The van der Waals surface area contributed by atoms with Crippen LogP contribution >= 0.6 is 0 Å². The molecule has 0 unspecified atom stereocenters. The largest absolute Gasteiger partial charge is 0.416 e. The molecule has 2 heterocycles. The topological polar surface area (TPSA) is 67.8 Å². The summed E-state index contributed by atoms with van der Waals surface area (Å²) in [5, 5.41) is 3.40. The number of pyridine rings is 1. The molecule has 0 saturated carbocycles. The Kier molecular flexibility index (Phi) is 5.14. The summed E-state index contributed by atoms with van der Waals surface area (Å²) in [6.45, 7) is 0. The Balaban J connectivity index is 1.67. The number of alkyl halides is 3. The third-order valence-corrected chi connectivity index (χ3v) is 4.43. The average molecular weight is 408 g/mol. The van der Waals surface area contributed by atoms with Gasteiger partial charge < -0.3 is 5.32 Å². The van der Waals surface area contributed by atoms with Gasteiger partial charge in [0.05, 0.1) is 17.5 Å². The molecule has 0 fully saturated rings. The summed E-state index contributed by atoms with van der Waals surface area (Å²) in [7, 11) is 0. The van der Waals surface area contributed by atoms with Gasteiger partial charge in [-0.15, -0.1) is 0 Å². The number of amides is 1. The van der Waals surface area contributed by atoms with Crippen molar-refractivity contribution in [2.45, 2.75) is 12.6 Å². The van der Waals surface area contributed by atoms with E-state index in [9.17, 15) is 18.0 Å². The molecule has 8 heteroatoms. The number of para-hydroxylation sites is 1. The quantitative estimate of drug-likeness (QED) is 0.522. The molecule has 0 saturated heterocycles. The fourth-order valence-electron chi connectivity index (χ4n) is 3.03. The molecule has 2 aromatic carbocycles. The van der Waals surface area contributed by atoms with E-state index >= 15 is 0 Å². The molecule has 0 aliphatic carbocycles. The highest BCUT2D eigenvalue weighted by atomic mass is 19.4. The van der Waals surface area contributed by atoms with Crippen molar-refractivity contribution < 1.29 is 18.0 Å². The van der Waals surface area contributed by atoms with E-state index in [0.29, 0.717) is 22.3 Å². The van der Waals surface area contributed by atoms with Crippen LogP contribution in [-0.4, -0.2) is 20.9 Å². The van der Waals surface area contributed by atoms with E-state index in [-0.39, 0.29) is 23.7 Å². The average Bonchev–Trinajstić information content (AvgIpc) is 2.74. The number of carbonyl (C=O) groups excluding carboxylic acids is 1. The Morgan fingerprint density at radius 1 is 0.967 bits per heavy atom. The number of hydrogen-bond acceptors (Lipinski definition) is 4. The fourth-order valence-corrected chi connectivity index (χ4v) is 3.03. The molecule has 2 aromatic heterocycles. The van der Waals surface area contributed by atoms with Crippen LogP contribution in [0.4, 0.5) is 19.0 Å². The first-order chi connectivity index (χ1) is 14.4. The van der Waals surface area contributed by atoms with Gasteiger partial charge in [-0.2, -0.15) is 13.2 Å². The normalized spacial score (nSPS) is 11.4. The smallest absolute Gasteiger partial charge is 0.310 e. The summed E-state index contributed by atoms with van der Waals surface area (Å²) >= 11 is 0. The van der Waals surface area contributed by atoms with Crippen molar-refractivity contribution in [3.05, 3.63) is 84.2 Å². The van der Waals surface area contributed by atoms with Crippen LogP contribution in [0.2, 0.25) is 0 Å². The molecule has 4 rings (SSSR count). The molecule has 150 valence electrons. The molecule has 0 aliphatic rings. The number of anilines is 1. The van der Waals surface area contributed by atoms with Crippen LogP contribution in [-0.2, 0) is 17.4 Å². The van der Waals surface area contributed by atoms with Crippen LogP contribution in [0.1, 0.15) is 11.1 Å². The Morgan fingerprint density at radius 2 is 1.80 bits per heavy atom. The van der Waals surface area contributed by atoms with Crippen LogP contribution in [0.3, 0.4) is 0 Å². The summed E-state index contributed by atoms with van der Waals surface area (Å²) in [6.07, 6.45) is -1.31. The van der Waals surface area contributed by atoms with E-state index in [1.165, 1.54) is 18.3 Å². The van der Waals surface area contributed by atoms with Gasteiger partial charge in [-0.3, -0.25) is 4.79 Å².